The molecule has 0 amide bonds. The van der Waals surface area contributed by atoms with E-state index >= 15 is 0 Å². The van der Waals surface area contributed by atoms with Crippen molar-refractivity contribution in [1.29, 1.82) is 0 Å². The minimum atomic E-state index is 0.0907. The van der Waals surface area contributed by atoms with Gasteiger partial charge in [0.1, 0.15) is 0 Å². The maximum atomic E-state index is 6.04. The molecule has 0 fully saturated rings. The van der Waals surface area contributed by atoms with E-state index in [4.69, 9.17) is 9.47 Å². The van der Waals surface area contributed by atoms with Crippen molar-refractivity contribution < 1.29 is 9.47 Å². The predicted octanol–water partition coefficient (Wildman–Crippen LogP) is 3.41. The van der Waals surface area contributed by atoms with Crippen molar-refractivity contribution in [2.45, 2.75) is 39.3 Å². The lowest BCUT2D eigenvalue weighted by molar-refractivity contribution is 0.0140. The van der Waals surface area contributed by atoms with Gasteiger partial charge in [0.05, 0.1) is 6.10 Å². The second kappa shape index (κ2) is 9.92. The second-order valence-corrected chi connectivity index (χ2v) is 5.13. The quantitative estimate of drug-likeness (QED) is 0.712. The van der Waals surface area contributed by atoms with Gasteiger partial charge in [-0.15, -0.1) is 0 Å². The molecule has 0 spiro atoms. The molecule has 114 valence electrons. The van der Waals surface area contributed by atoms with Crippen molar-refractivity contribution in [3.05, 3.63) is 35.9 Å². The van der Waals surface area contributed by atoms with Crippen molar-refractivity contribution >= 4 is 0 Å². The van der Waals surface area contributed by atoms with Crippen LogP contribution in [0.5, 0.6) is 0 Å². The molecule has 0 aliphatic carbocycles. The zero-order chi connectivity index (χ0) is 14.8. The molecule has 0 saturated carbocycles. The Morgan fingerprint density at radius 1 is 1.15 bits per heavy atom. The molecule has 0 aromatic heterocycles. The van der Waals surface area contributed by atoms with Crippen LogP contribution < -0.4 is 5.32 Å². The Balaban J connectivity index is 2.87. The lowest BCUT2D eigenvalue weighted by Crippen LogP contribution is -2.41. The van der Waals surface area contributed by atoms with Gasteiger partial charge in [-0.05, 0) is 31.4 Å². The fraction of sp³-hybridized carbons (Fsp3) is 0.647. The number of methoxy groups -OCH3 is 1. The highest BCUT2D eigenvalue weighted by Gasteiger charge is 2.27. The molecule has 1 N–H and O–H groups in total. The zero-order valence-electron chi connectivity index (χ0n) is 13.3. The van der Waals surface area contributed by atoms with Crippen LogP contribution in [0.2, 0.25) is 0 Å². The van der Waals surface area contributed by atoms with E-state index in [1.165, 1.54) is 5.56 Å². The van der Waals surface area contributed by atoms with Crippen LogP contribution in [0.15, 0.2) is 30.3 Å². The molecule has 1 aromatic carbocycles. The summed E-state index contributed by atoms with van der Waals surface area (Å²) in [6.45, 7) is 8.91. The van der Waals surface area contributed by atoms with E-state index in [-0.39, 0.29) is 6.10 Å². The molecule has 3 heteroatoms. The van der Waals surface area contributed by atoms with Crippen molar-refractivity contribution in [3.63, 3.8) is 0 Å². The third-order valence-corrected chi connectivity index (χ3v) is 3.63. The van der Waals surface area contributed by atoms with Crippen molar-refractivity contribution in [3.8, 4) is 0 Å². The normalized spacial score (nSPS) is 15.8. The minimum Gasteiger partial charge on any atom is -0.385 e. The molecule has 0 aliphatic heterocycles. The molecule has 20 heavy (non-hydrogen) atoms. The van der Waals surface area contributed by atoms with Crippen LogP contribution in [0.3, 0.4) is 0 Å². The van der Waals surface area contributed by atoms with Crippen molar-refractivity contribution in [2.24, 2.45) is 5.92 Å². The summed E-state index contributed by atoms with van der Waals surface area (Å²) in [6.07, 6.45) is 1.12. The Labute approximate surface area is 123 Å². The SMILES string of the molecule is CCNC(C(C)CCOC)C(OCC)c1ccccc1. The maximum absolute atomic E-state index is 6.04. The topological polar surface area (TPSA) is 30.5 Å². The molecule has 3 atom stereocenters. The summed E-state index contributed by atoms with van der Waals surface area (Å²) in [5.74, 6) is 0.492. The first-order chi connectivity index (χ1) is 9.74. The van der Waals surface area contributed by atoms with E-state index in [1.54, 1.807) is 7.11 Å². The summed E-state index contributed by atoms with van der Waals surface area (Å²) in [6, 6.07) is 10.8. The number of ether oxygens (including phenoxy) is 2. The van der Waals surface area contributed by atoms with E-state index < -0.39 is 0 Å². The first kappa shape index (κ1) is 17.2. The van der Waals surface area contributed by atoms with Gasteiger partial charge in [-0.2, -0.15) is 0 Å². The molecular weight excluding hydrogens is 250 g/mol. The van der Waals surface area contributed by atoms with Crippen molar-refractivity contribution in [2.75, 3.05) is 26.9 Å². The lowest BCUT2D eigenvalue weighted by atomic mass is 9.90. The Kier molecular flexibility index (Phi) is 8.51. The molecule has 0 aliphatic rings. The number of rotatable bonds is 10. The molecule has 0 heterocycles. The molecule has 3 unspecified atom stereocenters. The number of benzene rings is 1. The standard InChI is InChI=1S/C17H29NO2/c1-5-18-16(14(3)12-13-19-4)17(20-6-2)15-10-8-7-9-11-15/h7-11,14,16-18H,5-6,12-13H2,1-4H3. The van der Waals surface area contributed by atoms with Crippen LogP contribution in [0.25, 0.3) is 0 Å². The second-order valence-electron chi connectivity index (χ2n) is 5.13. The Morgan fingerprint density at radius 3 is 2.40 bits per heavy atom. The highest BCUT2D eigenvalue weighted by Crippen LogP contribution is 2.27. The van der Waals surface area contributed by atoms with E-state index in [0.29, 0.717) is 12.0 Å². The number of hydrogen-bond donors (Lipinski definition) is 1. The van der Waals surface area contributed by atoms with Crippen LogP contribution in [-0.2, 0) is 9.47 Å². The van der Waals surface area contributed by atoms with Crippen molar-refractivity contribution in [1.82, 2.24) is 5.32 Å². The first-order valence-electron chi connectivity index (χ1n) is 7.63. The van der Waals surface area contributed by atoms with E-state index in [2.05, 4.69) is 50.4 Å². The molecular formula is C17H29NO2. The Morgan fingerprint density at radius 2 is 1.85 bits per heavy atom. The molecule has 0 radical (unpaired) electrons. The third-order valence-electron chi connectivity index (χ3n) is 3.63. The van der Waals surface area contributed by atoms with E-state index in [9.17, 15) is 0 Å². The molecule has 0 saturated heterocycles. The Bertz CT molecular complexity index is 342. The average molecular weight is 279 g/mol. The van der Waals surface area contributed by atoms with Gasteiger partial charge >= 0.3 is 0 Å². The summed E-state index contributed by atoms with van der Waals surface area (Å²) in [5.41, 5.74) is 1.24. The van der Waals surface area contributed by atoms with Gasteiger partial charge in [0.15, 0.2) is 0 Å². The highest BCUT2D eigenvalue weighted by molar-refractivity contribution is 5.19. The molecule has 1 rings (SSSR count). The smallest absolute Gasteiger partial charge is 0.0980 e. The summed E-state index contributed by atoms with van der Waals surface area (Å²) < 4.78 is 11.3. The van der Waals surface area contributed by atoms with Gasteiger partial charge in [0.25, 0.3) is 0 Å². The number of likely N-dealkylation sites (N-methyl/N-ethyl adjacent to an activating group) is 1. The largest absolute Gasteiger partial charge is 0.385 e. The van der Waals surface area contributed by atoms with Gasteiger partial charge < -0.3 is 14.8 Å². The summed E-state index contributed by atoms with van der Waals surface area (Å²) in [7, 11) is 1.76. The fourth-order valence-electron chi connectivity index (χ4n) is 2.56. The summed E-state index contributed by atoms with van der Waals surface area (Å²) >= 11 is 0. The number of nitrogens with one attached hydrogen (secondary N) is 1. The van der Waals surface area contributed by atoms with Gasteiger partial charge in [0, 0.05) is 26.4 Å². The summed E-state index contributed by atoms with van der Waals surface area (Å²) in [5, 5.41) is 3.59. The van der Waals surface area contributed by atoms with Gasteiger partial charge in [0.2, 0.25) is 0 Å². The molecule has 1 aromatic rings. The predicted molar refractivity (Wildman–Crippen MR) is 83.9 cm³/mol. The van der Waals surface area contributed by atoms with Crippen LogP contribution >= 0.6 is 0 Å². The molecule has 0 bridgehead atoms. The zero-order valence-corrected chi connectivity index (χ0v) is 13.3. The van der Waals surface area contributed by atoms with Gasteiger partial charge in [-0.25, -0.2) is 0 Å². The van der Waals surface area contributed by atoms with Crippen LogP contribution in [0.1, 0.15) is 38.9 Å². The summed E-state index contributed by atoms with van der Waals surface area (Å²) in [4.78, 5) is 0. The maximum Gasteiger partial charge on any atom is 0.0980 e. The third kappa shape index (κ3) is 5.23. The highest BCUT2D eigenvalue weighted by atomic mass is 16.5. The van der Waals surface area contributed by atoms with Crippen LogP contribution in [0.4, 0.5) is 0 Å². The van der Waals surface area contributed by atoms with Gasteiger partial charge in [-0.1, -0.05) is 44.2 Å². The minimum absolute atomic E-state index is 0.0907. The van der Waals surface area contributed by atoms with Crippen LogP contribution in [-0.4, -0.2) is 32.9 Å². The fourth-order valence-corrected chi connectivity index (χ4v) is 2.56. The Hall–Kier alpha value is -0.900. The molecule has 3 nitrogen and oxygen atoms in total. The van der Waals surface area contributed by atoms with E-state index in [0.717, 1.165) is 26.2 Å². The number of hydrogen-bond acceptors (Lipinski definition) is 3. The van der Waals surface area contributed by atoms with Gasteiger partial charge in [-0.3, -0.25) is 0 Å². The van der Waals surface area contributed by atoms with E-state index in [1.807, 2.05) is 6.07 Å². The first-order valence-corrected chi connectivity index (χ1v) is 7.63. The monoisotopic (exact) mass is 279 g/mol. The lowest BCUT2D eigenvalue weighted by Gasteiger charge is -2.32. The average Bonchev–Trinajstić information content (AvgIpc) is 2.49. The van der Waals surface area contributed by atoms with Crippen LogP contribution in [0, 0.1) is 5.92 Å².